The molecule has 1 aromatic rings. The maximum absolute atomic E-state index is 13.4. The van der Waals surface area contributed by atoms with Gasteiger partial charge in [0, 0.05) is 12.6 Å². The van der Waals surface area contributed by atoms with Gasteiger partial charge in [0.05, 0.1) is 4.90 Å². The van der Waals surface area contributed by atoms with Crippen molar-refractivity contribution in [2.24, 2.45) is 11.7 Å². The van der Waals surface area contributed by atoms with Gasteiger partial charge in [-0.3, -0.25) is 4.79 Å². The Balaban J connectivity index is 0.00000280. The third kappa shape index (κ3) is 4.37. The van der Waals surface area contributed by atoms with Gasteiger partial charge in [-0.15, -0.1) is 12.4 Å². The van der Waals surface area contributed by atoms with Crippen LogP contribution in [0.4, 0.5) is 0 Å². The van der Waals surface area contributed by atoms with E-state index >= 15 is 0 Å². The lowest BCUT2D eigenvalue weighted by Crippen LogP contribution is -2.50. The predicted molar refractivity (Wildman–Crippen MR) is 113 cm³/mol. The molecule has 8 heteroatoms. The molecule has 6 nitrogen and oxygen atoms in total. The highest BCUT2D eigenvalue weighted by Crippen LogP contribution is 2.31. The summed E-state index contributed by atoms with van der Waals surface area (Å²) in [5.41, 5.74) is 8.32. The van der Waals surface area contributed by atoms with Gasteiger partial charge in [0.15, 0.2) is 0 Å². The van der Waals surface area contributed by atoms with Gasteiger partial charge in [-0.25, -0.2) is 8.42 Å². The number of sulfonamides is 1. The summed E-state index contributed by atoms with van der Waals surface area (Å²) in [6, 6.07) is 3.20. The van der Waals surface area contributed by atoms with Gasteiger partial charge < -0.3 is 11.1 Å². The molecule has 3 N–H and O–H groups in total. The molecule has 1 aliphatic heterocycles. The number of hydrogen-bond acceptors (Lipinski definition) is 4. The van der Waals surface area contributed by atoms with Crippen molar-refractivity contribution in [1.82, 2.24) is 9.62 Å². The standard InChI is InChI=1S/C20H31N3O3S.ClH/c1-13-10-14(2)19(15(3)11-13)27(25,26)23-9-5-8-18(23)20(24)22-17-7-4-6-16(17)12-21;/h10-11,16-18H,4-9,12,21H2,1-3H3,(H,22,24);1H. The Kier molecular flexibility index (Phi) is 7.53. The molecular formula is C20H32ClN3O3S. The van der Waals surface area contributed by atoms with Crippen LogP contribution in [-0.4, -0.2) is 43.8 Å². The van der Waals surface area contributed by atoms with Crippen molar-refractivity contribution in [3.63, 3.8) is 0 Å². The minimum atomic E-state index is -3.72. The minimum absolute atomic E-state index is 0. The first-order valence-corrected chi connectivity index (χ1v) is 11.3. The summed E-state index contributed by atoms with van der Waals surface area (Å²) in [4.78, 5) is 13.3. The summed E-state index contributed by atoms with van der Waals surface area (Å²) in [5.74, 6) is 0.117. The number of nitrogens with one attached hydrogen (secondary N) is 1. The van der Waals surface area contributed by atoms with Crippen LogP contribution in [0.2, 0.25) is 0 Å². The van der Waals surface area contributed by atoms with Gasteiger partial charge in [-0.1, -0.05) is 24.1 Å². The van der Waals surface area contributed by atoms with Crippen molar-refractivity contribution >= 4 is 28.3 Å². The number of nitrogens with two attached hydrogens (primary N) is 1. The molecule has 28 heavy (non-hydrogen) atoms. The second kappa shape index (κ2) is 9.11. The molecule has 3 unspecified atom stereocenters. The molecule has 1 amide bonds. The Morgan fingerprint density at radius 3 is 2.39 bits per heavy atom. The fourth-order valence-electron chi connectivity index (χ4n) is 4.77. The maximum atomic E-state index is 13.4. The van der Waals surface area contributed by atoms with Gasteiger partial charge in [-0.2, -0.15) is 4.31 Å². The first-order valence-electron chi connectivity index (χ1n) is 9.86. The van der Waals surface area contributed by atoms with E-state index in [1.807, 2.05) is 32.9 Å². The van der Waals surface area contributed by atoms with E-state index in [0.717, 1.165) is 36.0 Å². The molecule has 1 saturated carbocycles. The number of amides is 1. The van der Waals surface area contributed by atoms with Crippen LogP contribution in [0, 0.1) is 26.7 Å². The SMILES string of the molecule is Cc1cc(C)c(S(=O)(=O)N2CCCC2C(=O)NC2CCCC2CN)c(C)c1.Cl. The van der Waals surface area contributed by atoms with Crippen molar-refractivity contribution in [2.45, 2.75) is 69.9 Å². The summed E-state index contributed by atoms with van der Waals surface area (Å²) in [6.45, 7) is 6.54. The van der Waals surface area contributed by atoms with Crippen LogP contribution < -0.4 is 11.1 Å². The van der Waals surface area contributed by atoms with E-state index in [2.05, 4.69) is 5.32 Å². The lowest BCUT2D eigenvalue weighted by atomic mass is 10.0. The minimum Gasteiger partial charge on any atom is -0.352 e. The Hall–Kier alpha value is -1.15. The van der Waals surface area contributed by atoms with E-state index in [1.165, 1.54) is 4.31 Å². The smallest absolute Gasteiger partial charge is 0.244 e. The molecule has 0 radical (unpaired) electrons. The zero-order valence-electron chi connectivity index (χ0n) is 16.9. The van der Waals surface area contributed by atoms with E-state index in [1.54, 1.807) is 0 Å². The van der Waals surface area contributed by atoms with Crippen LogP contribution in [0.15, 0.2) is 17.0 Å². The van der Waals surface area contributed by atoms with Crippen molar-refractivity contribution in [1.29, 1.82) is 0 Å². The lowest BCUT2D eigenvalue weighted by molar-refractivity contribution is -0.125. The highest BCUT2D eigenvalue weighted by atomic mass is 35.5. The first kappa shape index (κ1) is 23.1. The van der Waals surface area contributed by atoms with Crippen molar-refractivity contribution in [2.75, 3.05) is 13.1 Å². The number of hydrogen-bond donors (Lipinski definition) is 2. The molecule has 0 bridgehead atoms. The first-order chi connectivity index (χ1) is 12.8. The average molecular weight is 430 g/mol. The van der Waals surface area contributed by atoms with E-state index < -0.39 is 16.1 Å². The van der Waals surface area contributed by atoms with Gasteiger partial charge >= 0.3 is 0 Å². The van der Waals surface area contributed by atoms with Crippen LogP contribution in [-0.2, 0) is 14.8 Å². The monoisotopic (exact) mass is 429 g/mol. The quantitative estimate of drug-likeness (QED) is 0.751. The van der Waals surface area contributed by atoms with Gasteiger partial charge in [-0.05, 0) is 70.0 Å². The third-order valence-electron chi connectivity index (χ3n) is 5.97. The molecule has 2 fully saturated rings. The molecule has 1 aliphatic carbocycles. The topological polar surface area (TPSA) is 92.5 Å². The molecule has 1 saturated heterocycles. The van der Waals surface area contributed by atoms with E-state index in [-0.39, 0.29) is 24.4 Å². The summed E-state index contributed by atoms with van der Waals surface area (Å²) < 4.78 is 28.2. The number of carbonyl (C=O) groups excluding carboxylic acids is 1. The van der Waals surface area contributed by atoms with E-state index in [0.29, 0.717) is 36.7 Å². The zero-order valence-corrected chi connectivity index (χ0v) is 18.5. The van der Waals surface area contributed by atoms with Crippen LogP contribution in [0.3, 0.4) is 0 Å². The molecule has 158 valence electrons. The molecule has 0 spiro atoms. The number of aryl methyl sites for hydroxylation is 3. The maximum Gasteiger partial charge on any atom is 0.244 e. The molecule has 1 heterocycles. The molecule has 0 aromatic heterocycles. The van der Waals surface area contributed by atoms with E-state index in [4.69, 9.17) is 5.73 Å². The van der Waals surface area contributed by atoms with Crippen LogP contribution in [0.1, 0.15) is 48.8 Å². The lowest BCUT2D eigenvalue weighted by Gasteiger charge is -2.27. The van der Waals surface area contributed by atoms with Gasteiger partial charge in [0.2, 0.25) is 15.9 Å². The van der Waals surface area contributed by atoms with E-state index in [9.17, 15) is 13.2 Å². The van der Waals surface area contributed by atoms with Crippen LogP contribution in [0.5, 0.6) is 0 Å². The predicted octanol–water partition coefficient (Wildman–Crippen LogP) is 2.43. The summed E-state index contributed by atoms with van der Waals surface area (Å²) in [7, 11) is -3.72. The van der Waals surface area contributed by atoms with Crippen LogP contribution in [0.25, 0.3) is 0 Å². The van der Waals surface area contributed by atoms with Crippen LogP contribution >= 0.6 is 12.4 Å². The highest BCUT2D eigenvalue weighted by molar-refractivity contribution is 7.89. The molecular weight excluding hydrogens is 398 g/mol. The summed E-state index contributed by atoms with van der Waals surface area (Å²) in [5, 5.41) is 3.09. The number of rotatable bonds is 5. The van der Waals surface area contributed by atoms with Crippen molar-refractivity contribution < 1.29 is 13.2 Å². The van der Waals surface area contributed by atoms with Gasteiger partial charge in [0.1, 0.15) is 6.04 Å². The summed E-state index contributed by atoms with van der Waals surface area (Å²) >= 11 is 0. The largest absolute Gasteiger partial charge is 0.352 e. The normalized spacial score (nSPS) is 25.5. The second-order valence-electron chi connectivity index (χ2n) is 8.04. The number of nitrogens with zero attached hydrogens (tertiary/aromatic N) is 1. The summed E-state index contributed by atoms with van der Waals surface area (Å²) in [6.07, 6.45) is 4.27. The third-order valence-corrected chi connectivity index (χ3v) is 8.18. The molecule has 1 aromatic carbocycles. The number of halogens is 1. The Bertz CT molecular complexity index is 805. The van der Waals surface area contributed by atoms with Crippen molar-refractivity contribution in [3.05, 3.63) is 28.8 Å². The molecule has 2 aliphatic rings. The Labute approximate surface area is 174 Å². The molecule has 3 atom stereocenters. The number of carbonyl (C=O) groups is 1. The Morgan fingerprint density at radius 1 is 1.14 bits per heavy atom. The number of benzene rings is 1. The highest BCUT2D eigenvalue weighted by Gasteiger charge is 2.41. The zero-order chi connectivity index (χ0) is 19.8. The Morgan fingerprint density at radius 2 is 1.79 bits per heavy atom. The fourth-order valence-corrected chi connectivity index (χ4v) is 6.84. The second-order valence-corrected chi connectivity index (χ2v) is 9.87. The van der Waals surface area contributed by atoms with Gasteiger partial charge in [0.25, 0.3) is 0 Å². The average Bonchev–Trinajstić information content (AvgIpc) is 3.22. The fraction of sp³-hybridized carbons (Fsp3) is 0.650. The van der Waals surface area contributed by atoms with Crippen molar-refractivity contribution in [3.8, 4) is 0 Å². The molecule has 3 rings (SSSR count).